The van der Waals surface area contributed by atoms with Crippen molar-refractivity contribution in [2.24, 2.45) is 0 Å². The summed E-state index contributed by atoms with van der Waals surface area (Å²) in [5, 5.41) is -0.144. The molecule has 3 nitrogen and oxygen atoms in total. The van der Waals surface area contributed by atoms with Crippen LogP contribution in [0.3, 0.4) is 0 Å². The summed E-state index contributed by atoms with van der Waals surface area (Å²) >= 11 is 10.1. The number of anilines is 1. The fourth-order valence-electron chi connectivity index (χ4n) is 1.66. The van der Waals surface area contributed by atoms with Crippen molar-refractivity contribution in [3.63, 3.8) is 0 Å². The highest BCUT2D eigenvalue weighted by Crippen LogP contribution is 2.31. The van der Waals surface area contributed by atoms with Crippen LogP contribution in [-0.4, -0.2) is 17.1 Å². The van der Waals surface area contributed by atoms with E-state index in [-0.39, 0.29) is 18.2 Å². The molecule has 1 heterocycles. The number of benzene rings is 1. The molecule has 0 aliphatic carbocycles. The lowest BCUT2D eigenvalue weighted by molar-refractivity contribution is -0.121. The van der Waals surface area contributed by atoms with Crippen LogP contribution >= 0.6 is 24.2 Å². The predicted octanol–water partition coefficient (Wildman–Crippen LogP) is 2.21. The molecule has 1 aliphatic heterocycles. The largest absolute Gasteiger partial charge is 0.274 e. The highest BCUT2D eigenvalue weighted by Gasteiger charge is 2.38. The predicted molar refractivity (Wildman–Crippen MR) is 66.1 cm³/mol. The van der Waals surface area contributed by atoms with Crippen molar-refractivity contribution in [2.75, 3.05) is 4.90 Å². The Kier molecular flexibility index (Phi) is 2.95. The minimum Gasteiger partial charge on any atom is -0.274 e. The van der Waals surface area contributed by atoms with E-state index in [9.17, 15) is 9.59 Å². The third-order valence-corrected chi connectivity index (χ3v) is 3.17. The van der Waals surface area contributed by atoms with Crippen LogP contribution in [0.1, 0.15) is 12.0 Å². The van der Waals surface area contributed by atoms with E-state index >= 15 is 0 Å². The quantitative estimate of drug-likeness (QED) is 0.617. The van der Waals surface area contributed by atoms with Crippen LogP contribution in [0, 0.1) is 6.92 Å². The number of aryl methyl sites for hydroxylation is 1. The lowest BCUT2D eigenvalue weighted by Crippen LogP contribution is -2.30. The van der Waals surface area contributed by atoms with Crippen LogP contribution in [0.5, 0.6) is 0 Å². The molecular weight excluding hydrogens is 246 g/mol. The van der Waals surface area contributed by atoms with Crippen molar-refractivity contribution in [2.45, 2.75) is 18.6 Å². The van der Waals surface area contributed by atoms with Crippen molar-refractivity contribution < 1.29 is 9.59 Å². The number of hydrogen-bond acceptors (Lipinski definition) is 3. The Morgan fingerprint density at radius 1 is 1.44 bits per heavy atom. The van der Waals surface area contributed by atoms with Gasteiger partial charge in [0.15, 0.2) is 0 Å². The Balaban J connectivity index is 2.45. The van der Waals surface area contributed by atoms with Crippen molar-refractivity contribution >= 4 is 41.7 Å². The molecule has 2 amide bonds. The number of carbonyl (C=O) groups is 2. The van der Waals surface area contributed by atoms with Crippen molar-refractivity contribution in [3.8, 4) is 0 Å². The standard InChI is InChI=1S/C11H10ClNO2S/c1-6-2-3-8(7(12)4-6)13-10(14)5-9(16)11(13)15/h2-4,9,16H,5H2,1H3. The minimum atomic E-state index is -0.551. The van der Waals surface area contributed by atoms with Gasteiger partial charge in [-0.25, -0.2) is 4.90 Å². The Morgan fingerprint density at radius 2 is 2.12 bits per heavy atom. The molecule has 1 aromatic carbocycles. The average Bonchev–Trinajstić information content (AvgIpc) is 2.43. The van der Waals surface area contributed by atoms with E-state index in [0.717, 1.165) is 10.5 Å². The van der Waals surface area contributed by atoms with E-state index in [2.05, 4.69) is 12.6 Å². The molecule has 0 bridgehead atoms. The second-order valence-electron chi connectivity index (χ2n) is 3.74. The second kappa shape index (κ2) is 4.11. The normalized spacial score (nSPS) is 20.7. The molecule has 1 aromatic rings. The van der Waals surface area contributed by atoms with E-state index in [1.807, 2.05) is 13.0 Å². The number of thiol groups is 1. The van der Waals surface area contributed by atoms with Crippen LogP contribution in [0.15, 0.2) is 18.2 Å². The van der Waals surface area contributed by atoms with Crippen LogP contribution in [0.25, 0.3) is 0 Å². The van der Waals surface area contributed by atoms with Gasteiger partial charge in [0.2, 0.25) is 11.8 Å². The number of halogens is 1. The van der Waals surface area contributed by atoms with Crippen LogP contribution < -0.4 is 4.90 Å². The SMILES string of the molecule is Cc1ccc(N2C(=O)CC(S)C2=O)c(Cl)c1. The highest BCUT2D eigenvalue weighted by molar-refractivity contribution is 7.82. The Hall–Kier alpha value is -1.00. The Labute approximate surface area is 104 Å². The number of imide groups is 1. The first-order chi connectivity index (χ1) is 7.50. The smallest absolute Gasteiger partial charge is 0.247 e. The van der Waals surface area contributed by atoms with Gasteiger partial charge in [-0.1, -0.05) is 17.7 Å². The van der Waals surface area contributed by atoms with Gasteiger partial charge in [-0.15, -0.1) is 0 Å². The third-order valence-electron chi connectivity index (χ3n) is 2.47. The van der Waals surface area contributed by atoms with Gasteiger partial charge in [0.25, 0.3) is 0 Å². The summed E-state index contributed by atoms with van der Waals surface area (Å²) in [5.74, 6) is -0.560. The molecule has 0 radical (unpaired) electrons. The Morgan fingerprint density at radius 3 is 2.62 bits per heavy atom. The summed E-state index contributed by atoms with van der Waals surface area (Å²) < 4.78 is 0. The summed E-state index contributed by atoms with van der Waals surface area (Å²) in [5.41, 5.74) is 1.43. The second-order valence-corrected chi connectivity index (χ2v) is 4.77. The summed E-state index contributed by atoms with van der Waals surface area (Å²) in [6.07, 6.45) is 0.131. The first-order valence-electron chi connectivity index (χ1n) is 4.81. The summed E-state index contributed by atoms with van der Waals surface area (Å²) in [6.45, 7) is 1.89. The third kappa shape index (κ3) is 1.83. The summed E-state index contributed by atoms with van der Waals surface area (Å²) in [6, 6.07) is 5.22. The van der Waals surface area contributed by atoms with Gasteiger partial charge >= 0.3 is 0 Å². The molecule has 0 saturated carbocycles. The summed E-state index contributed by atoms with van der Waals surface area (Å²) in [7, 11) is 0. The maximum absolute atomic E-state index is 11.7. The van der Waals surface area contributed by atoms with Crippen LogP contribution in [-0.2, 0) is 9.59 Å². The number of rotatable bonds is 1. The van der Waals surface area contributed by atoms with E-state index in [0.29, 0.717) is 10.7 Å². The minimum absolute atomic E-state index is 0.131. The molecule has 0 spiro atoms. The zero-order valence-corrected chi connectivity index (χ0v) is 10.3. The topological polar surface area (TPSA) is 37.4 Å². The van der Waals surface area contributed by atoms with Crippen LogP contribution in [0.4, 0.5) is 5.69 Å². The average molecular weight is 256 g/mol. The number of hydrogen-bond donors (Lipinski definition) is 1. The molecule has 0 N–H and O–H groups in total. The molecular formula is C11H10ClNO2S. The van der Waals surface area contributed by atoms with E-state index in [1.54, 1.807) is 12.1 Å². The lowest BCUT2D eigenvalue weighted by Gasteiger charge is -2.16. The van der Waals surface area contributed by atoms with E-state index < -0.39 is 5.25 Å². The van der Waals surface area contributed by atoms with Gasteiger partial charge in [-0.3, -0.25) is 9.59 Å². The molecule has 84 valence electrons. The molecule has 2 rings (SSSR count). The first-order valence-corrected chi connectivity index (χ1v) is 5.71. The van der Waals surface area contributed by atoms with Gasteiger partial charge < -0.3 is 0 Å². The van der Waals surface area contributed by atoms with Crippen molar-refractivity contribution in [3.05, 3.63) is 28.8 Å². The zero-order valence-electron chi connectivity index (χ0n) is 8.61. The molecule has 1 aliphatic rings. The molecule has 1 atom stereocenters. The number of carbonyl (C=O) groups excluding carboxylic acids is 2. The molecule has 1 saturated heterocycles. The first kappa shape index (κ1) is 11.5. The van der Waals surface area contributed by atoms with Crippen molar-refractivity contribution in [1.82, 2.24) is 0 Å². The van der Waals surface area contributed by atoms with E-state index in [4.69, 9.17) is 11.6 Å². The number of nitrogens with zero attached hydrogens (tertiary/aromatic N) is 1. The number of amides is 2. The van der Waals surface area contributed by atoms with Gasteiger partial charge in [0, 0.05) is 6.42 Å². The Bertz CT molecular complexity index is 475. The molecule has 0 aromatic heterocycles. The van der Waals surface area contributed by atoms with Crippen molar-refractivity contribution in [1.29, 1.82) is 0 Å². The molecule has 16 heavy (non-hydrogen) atoms. The van der Waals surface area contributed by atoms with Gasteiger partial charge in [-0.05, 0) is 24.6 Å². The van der Waals surface area contributed by atoms with E-state index in [1.165, 1.54) is 0 Å². The molecule has 1 fully saturated rings. The maximum atomic E-state index is 11.7. The highest BCUT2D eigenvalue weighted by atomic mass is 35.5. The summed E-state index contributed by atoms with van der Waals surface area (Å²) in [4.78, 5) is 24.5. The van der Waals surface area contributed by atoms with Gasteiger partial charge in [-0.2, -0.15) is 12.6 Å². The van der Waals surface area contributed by atoms with Gasteiger partial charge in [0.1, 0.15) is 0 Å². The molecule has 1 unspecified atom stereocenters. The monoisotopic (exact) mass is 255 g/mol. The van der Waals surface area contributed by atoms with Gasteiger partial charge in [0.05, 0.1) is 16.0 Å². The maximum Gasteiger partial charge on any atom is 0.247 e. The van der Waals surface area contributed by atoms with Crippen LogP contribution in [0.2, 0.25) is 5.02 Å². The fourth-order valence-corrected chi connectivity index (χ4v) is 2.25. The zero-order chi connectivity index (χ0) is 11.9. The molecule has 5 heteroatoms. The lowest BCUT2D eigenvalue weighted by atomic mass is 10.2. The fraction of sp³-hybridized carbons (Fsp3) is 0.273.